The largest absolute Gasteiger partial charge is 0.493 e. The fourth-order valence-electron chi connectivity index (χ4n) is 3.53. The number of thioether (sulfide) groups is 2. The second kappa shape index (κ2) is 13.1. The molecule has 0 unspecified atom stereocenters. The van der Waals surface area contributed by atoms with E-state index in [2.05, 4.69) is 10.5 Å². The Hall–Kier alpha value is -3.63. The van der Waals surface area contributed by atoms with E-state index in [0.29, 0.717) is 33.0 Å². The van der Waals surface area contributed by atoms with Gasteiger partial charge in [-0.25, -0.2) is 10.2 Å². The number of carboxylic acids is 1. The van der Waals surface area contributed by atoms with E-state index in [9.17, 15) is 14.7 Å². The Morgan fingerprint density at radius 3 is 2.54 bits per heavy atom. The minimum atomic E-state index is -1.01. The minimum absolute atomic E-state index is 0.124. The van der Waals surface area contributed by atoms with Crippen molar-refractivity contribution >= 4 is 41.6 Å². The second-order valence-corrected chi connectivity index (χ2v) is 10.6. The fourth-order valence-corrected chi connectivity index (χ4v) is 6.39. The maximum absolute atomic E-state index is 12.2. The number of hydrazone groups is 1. The lowest BCUT2D eigenvalue weighted by Gasteiger charge is -2.13. The van der Waals surface area contributed by atoms with Crippen molar-refractivity contribution in [2.24, 2.45) is 5.10 Å². The normalized spacial score (nSPS) is 13.4. The first kappa shape index (κ1) is 26.4. The van der Waals surface area contributed by atoms with Crippen molar-refractivity contribution in [2.45, 2.75) is 11.2 Å². The van der Waals surface area contributed by atoms with Crippen LogP contribution in [0.15, 0.2) is 71.8 Å². The van der Waals surface area contributed by atoms with Crippen molar-refractivity contribution < 1.29 is 28.9 Å². The van der Waals surface area contributed by atoms with E-state index in [0.717, 1.165) is 11.5 Å². The zero-order valence-corrected chi connectivity index (χ0v) is 21.7. The summed E-state index contributed by atoms with van der Waals surface area (Å²) in [5.74, 6) is 2.43. The van der Waals surface area contributed by atoms with Gasteiger partial charge in [-0.15, -0.1) is 23.5 Å². The van der Waals surface area contributed by atoms with Gasteiger partial charge < -0.3 is 19.3 Å². The van der Waals surface area contributed by atoms with Gasteiger partial charge in [0.25, 0.3) is 5.91 Å². The number of nitrogens with zero attached hydrogens (tertiary/aromatic N) is 1. The molecule has 3 aromatic rings. The molecular formula is C27H26N2O6S2. The highest BCUT2D eigenvalue weighted by Crippen LogP contribution is 2.45. The summed E-state index contributed by atoms with van der Waals surface area (Å²) in [6, 6.07) is 19.6. The summed E-state index contributed by atoms with van der Waals surface area (Å²) in [6.07, 6.45) is 1.45. The lowest BCUT2D eigenvalue weighted by atomic mass is 10.1. The Morgan fingerprint density at radius 2 is 1.81 bits per heavy atom. The molecular weight excluding hydrogens is 512 g/mol. The first-order chi connectivity index (χ1) is 18.0. The molecule has 3 aromatic carbocycles. The van der Waals surface area contributed by atoms with Crippen molar-refractivity contribution in [1.82, 2.24) is 5.43 Å². The zero-order valence-electron chi connectivity index (χ0n) is 20.1. The average molecular weight is 539 g/mol. The van der Waals surface area contributed by atoms with Crippen molar-refractivity contribution in [3.05, 3.63) is 89.0 Å². The van der Waals surface area contributed by atoms with E-state index in [-0.39, 0.29) is 18.8 Å². The van der Waals surface area contributed by atoms with Gasteiger partial charge in [-0.3, -0.25) is 4.79 Å². The second-order valence-electron chi connectivity index (χ2n) is 7.90. The summed E-state index contributed by atoms with van der Waals surface area (Å²) in [4.78, 5) is 23.4. The average Bonchev–Trinajstić information content (AvgIpc) is 3.46. The Kier molecular flexibility index (Phi) is 9.34. The molecule has 0 radical (unpaired) electrons. The number of aromatic carboxylic acids is 1. The molecule has 0 bridgehead atoms. The maximum atomic E-state index is 12.2. The highest BCUT2D eigenvalue weighted by Gasteiger charge is 2.18. The predicted octanol–water partition coefficient (Wildman–Crippen LogP) is 4.98. The van der Waals surface area contributed by atoms with Crippen LogP contribution in [0.1, 0.15) is 31.6 Å². The molecule has 1 heterocycles. The van der Waals surface area contributed by atoms with E-state index in [4.69, 9.17) is 14.2 Å². The van der Waals surface area contributed by atoms with Gasteiger partial charge in [-0.05, 0) is 47.5 Å². The minimum Gasteiger partial charge on any atom is -0.493 e. The third-order valence-electron chi connectivity index (χ3n) is 5.32. The quantitative estimate of drug-likeness (QED) is 0.260. The molecule has 10 heteroatoms. The van der Waals surface area contributed by atoms with Crippen molar-refractivity contribution in [2.75, 3.05) is 25.2 Å². The molecule has 192 valence electrons. The summed E-state index contributed by atoms with van der Waals surface area (Å²) in [7, 11) is 1.52. The molecule has 0 spiro atoms. The van der Waals surface area contributed by atoms with Crippen LogP contribution in [0.2, 0.25) is 0 Å². The number of carbonyl (C=O) groups is 2. The van der Waals surface area contributed by atoms with Crippen LogP contribution in [0.4, 0.5) is 0 Å². The van der Waals surface area contributed by atoms with E-state index >= 15 is 0 Å². The predicted molar refractivity (Wildman–Crippen MR) is 146 cm³/mol. The molecule has 0 aromatic heterocycles. The zero-order chi connectivity index (χ0) is 26.0. The smallest absolute Gasteiger partial charge is 0.335 e. The molecule has 4 rings (SSSR count). The van der Waals surface area contributed by atoms with E-state index < -0.39 is 11.9 Å². The Labute approximate surface area is 223 Å². The number of methoxy groups -OCH3 is 1. The molecule has 1 amide bonds. The maximum Gasteiger partial charge on any atom is 0.335 e. The van der Waals surface area contributed by atoms with Crippen molar-refractivity contribution in [3.8, 4) is 17.2 Å². The molecule has 0 aliphatic carbocycles. The number of carbonyl (C=O) groups excluding carboxylic acids is 1. The van der Waals surface area contributed by atoms with Crippen LogP contribution in [0, 0.1) is 0 Å². The fraction of sp³-hybridized carbons (Fsp3) is 0.222. The van der Waals surface area contributed by atoms with Crippen LogP contribution in [0.5, 0.6) is 17.2 Å². The van der Waals surface area contributed by atoms with Crippen molar-refractivity contribution in [1.29, 1.82) is 0 Å². The summed E-state index contributed by atoms with van der Waals surface area (Å²) in [5, 5.41) is 13.2. The number of hydrogen-bond donors (Lipinski definition) is 2. The van der Waals surface area contributed by atoms with Gasteiger partial charge >= 0.3 is 5.97 Å². The van der Waals surface area contributed by atoms with Crippen LogP contribution in [0.25, 0.3) is 0 Å². The lowest BCUT2D eigenvalue weighted by Crippen LogP contribution is -2.24. The van der Waals surface area contributed by atoms with Gasteiger partial charge in [0.05, 0.1) is 23.5 Å². The van der Waals surface area contributed by atoms with Gasteiger partial charge in [0.15, 0.2) is 18.1 Å². The molecule has 0 saturated carbocycles. The topological polar surface area (TPSA) is 106 Å². The molecule has 37 heavy (non-hydrogen) atoms. The first-order valence-electron chi connectivity index (χ1n) is 11.4. The Morgan fingerprint density at radius 1 is 1.05 bits per heavy atom. The van der Waals surface area contributed by atoms with Gasteiger partial charge in [-0.1, -0.05) is 30.3 Å². The number of benzene rings is 3. The number of para-hydroxylation sites is 1. The third-order valence-corrected chi connectivity index (χ3v) is 8.43. The number of amides is 1. The summed E-state index contributed by atoms with van der Waals surface area (Å²) >= 11 is 3.87. The highest BCUT2D eigenvalue weighted by atomic mass is 32.2. The summed E-state index contributed by atoms with van der Waals surface area (Å²) in [6.45, 7) is -0.0511. The van der Waals surface area contributed by atoms with Gasteiger partial charge in [0.2, 0.25) is 0 Å². The first-order valence-corrected chi connectivity index (χ1v) is 13.5. The van der Waals surface area contributed by atoms with Crippen LogP contribution < -0.4 is 19.6 Å². The number of nitrogens with one attached hydrogen (secondary N) is 1. The van der Waals surface area contributed by atoms with E-state index in [1.807, 2.05) is 47.8 Å². The Bertz CT molecular complexity index is 1260. The standard InChI is InChI=1S/C27H26N2O6S2/c1-33-23-7-3-6-21(25(23)35-16-18-4-2-5-20(14-18)26(31)32)15-28-29-24(30)17-34-22-10-8-19(9-11-22)27-36-12-13-37-27/h2-11,14-15,27H,12-13,16-17H2,1H3,(H,29,30)(H,31,32)/b28-15-. The molecule has 2 N–H and O–H groups in total. The number of hydrogen-bond acceptors (Lipinski definition) is 8. The Balaban J connectivity index is 1.32. The number of carboxylic acid groups (broad SMARTS) is 1. The lowest BCUT2D eigenvalue weighted by molar-refractivity contribution is -0.123. The molecule has 1 aliphatic rings. The SMILES string of the molecule is COc1cccc(/C=N\NC(=O)COc2ccc(C3SCCS3)cc2)c1OCc1cccc(C(=O)O)c1. The molecule has 1 aliphatic heterocycles. The third kappa shape index (κ3) is 7.43. The van der Waals surface area contributed by atoms with Gasteiger partial charge in [-0.2, -0.15) is 5.10 Å². The van der Waals surface area contributed by atoms with Crippen LogP contribution in [0.3, 0.4) is 0 Å². The highest BCUT2D eigenvalue weighted by molar-refractivity contribution is 8.19. The van der Waals surface area contributed by atoms with Crippen LogP contribution in [-0.2, 0) is 11.4 Å². The van der Waals surface area contributed by atoms with Gasteiger partial charge in [0.1, 0.15) is 12.4 Å². The van der Waals surface area contributed by atoms with E-state index in [1.165, 1.54) is 25.0 Å². The molecule has 1 fully saturated rings. The van der Waals surface area contributed by atoms with Crippen LogP contribution >= 0.6 is 23.5 Å². The number of ether oxygens (including phenoxy) is 3. The molecule has 1 saturated heterocycles. The summed E-state index contributed by atoms with van der Waals surface area (Å²) in [5.41, 5.74) is 5.14. The van der Waals surface area contributed by atoms with E-state index in [1.54, 1.807) is 36.4 Å². The molecule has 0 atom stereocenters. The van der Waals surface area contributed by atoms with Crippen molar-refractivity contribution in [3.63, 3.8) is 0 Å². The van der Waals surface area contributed by atoms with Gasteiger partial charge in [0, 0.05) is 17.1 Å². The van der Waals surface area contributed by atoms with Crippen LogP contribution in [-0.4, -0.2) is 48.4 Å². The number of rotatable bonds is 11. The molecule has 8 nitrogen and oxygen atoms in total. The summed E-state index contributed by atoms with van der Waals surface area (Å²) < 4.78 is 17.4. The monoisotopic (exact) mass is 538 g/mol.